The molecule has 1 aliphatic rings. The Morgan fingerprint density at radius 3 is 2.38 bits per heavy atom. The molecule has 1 saturated heterocycles. The molecular formula is C11H20BrN. The van der Waals surface area contributed by atoms with Crippen LogP contribution in [0.2, 0.25) is 0 Å². The quantitative estimate of drug-likeness (QED) is 0.546. The van der Waals surface area contributed by atoms with Crippen LogP contribution in [0.5, 0.6) is 0 Å². The van der Waals surface area contributed by atoms with Gasteiger partial charge in [0, 0.05) is 24.0 Å². The molecule has 1 rings (SSSR count). The summed E-state index contributed by atoms with van der Waals surface area (Å²) in [6.07, 6.45) is 4.08. The molecule has 0 spiro atoms. The van der Waals surface area contributed by atoms with Gasteiger partial charge < -0.3 is 0 Å². The highest BCUT2D eigenvalue weighted by atomic mass is 79.9. The zero-order chi connectivity index (χ0) is 9.84. The van der Waals surface area contributed by atoms with Crippen LogP contribution in [-0.2, 0) is 0 Å². The van der Waals surface area contributed by atoms with Gasteiger partial charge in [0.2, 0.25) is 0 Å². The van der Waals surface area contributed by atoms with Gasteiger partial charge in [-0.05, 0) is 26.7 Å². The van der Waals surface area contributed by atoms with Gasteiger partial charge in [0.1, 0.15) is 0 Å². The van der Waals surface area contributed by atoms with Gasteiger partial charge in [0.25, 0.3) is 0 Å². The standard InChI is InChI=1S/C11H20BrN/c1-9(7-12)8-13-10(2)5-4-6-11(13)3/h10-11H,1,4-8H2,2-3H3/t10-,11+. The van der Waals surface area contributed by atoms with Crippen molar-refractivity contribution in [1.82, 2.24) is 4.90 Å². The number of alkyl halides is 1. The highest BCUT2D eigenvalue weighted by Crippen LogP contribution is 2.23. The minimum atomic E-state index is 0.736. The van der Waals surface area contributed by atoms with Crippen LogP contribution < -0.4 is 0 Å². The average Bonchev–Trinajstić information content (AvgIpc) is 2.11. The summed E-state index contributed by atoms with van der Waals surface area (Å²) in [5.74, 6) is 0. The molecule has 0 aromatic rings. The second-order valence-corrected chi connectivity index (χ2v) is 4.75. The highest BCUT2D eigenvalue weighted by molar-refractivity contribution is 9.09. The summed E-state index contributed by atoms with van der Waals surface area (Å²) < 4.78 is 0. The molecule has 0 radical (unpaired) electrons. The number of hydrogen-bond donors (Lipinski definition) is 0. The SMILES string of the molecule is C=C(CBr)CN1[C@H](C)CCC[C@@H]1C. The lowest BCUT2D eigenvalue weighted by Crippen LogP contribution is -2.44. The molecule has 0 unspecified atom stereocenters. The van der Waals surface area contributed by atoms with Crippen molar-refractivity contribution in [3.05, 3.63) is 12.2 Å². The van der Waals surface area contributed by atoms with E-state index in [1.54, 1.807) is 0 Å². The molecule has 0 bridgehead atoms. The van der Waals surface area contributed by atoms with Crippen LogP contribution in [-0.4, -0.2) is 28.9 Å². The maximum Gasteiger partial charge on any atom is 0.0251 e. The lowest BCUT2D eigenvalue weighted by Gasteiger charge is -2.39. The summed E-state index contributed by atoms with van der Waals surface area (Å²) in [6.45, 7) is 9.77. The fraction of sp³-hybridized carbons (Fsp3) is 0.818. The predicted molar refractivity (Wildman–Crippen MR) is 62.4 cm³/mol. The Kier molecular flexibility index (Phi) is 4.47. The van der Waals surface area contributed by atoms with Crippen LogP contribution in [0, 0.1) is 0 Å². The number of likely N-dealkylation sites (tertiary alicyclic amines) is 1. The fourth-order valence-electron chi connectivity index (χ4n) is 2.09. The van der Waals surface area contributed by atoms with Gasteiger partial charge in [-0.25, -0.2) is 0 Å². The van der Waals surface area contributed by atoms with E-state index < -0.39 is 0 Å². The Hall–Kier alpha value is 0.180. The Morgan fingerprint density at radius 1 is 1.38 bits per heavy atom. The lowest BCUT2D eigenvalue weighted by atomic mass is 9.97. The van der Waals surface area contributed by atoms with E-state index in [-0.39, 0.29) is 0 Å². The molecule has 0 N–H and O–H groups in total. The van der Waals surface area contributed by atoms with Crippen molar-refractivity contribution in [3.63, 3.8) is 0 Å². The van der Waals surface area contributed by atoms with E-state index in [0.717, 1.165) is 24.0 Å². The number of piperidine rings is 1. The molecule has 1 heterocycles. The molecule has 13 heavy (non-hydrogen) atoms. The summed E-state index contributed by atoms with van der Waals surface area (Å²) in [6, 6.07) is 1.47. The van der Waals surface area contributed by atoms with E-state index in [1.165, 1.54) is 24.8 Å². The molecule has 2 atom stereocenters. The van der Waals surface area contributed by atoms with Crippen molar-refractivity contribution in [2.45, 2.75) is 45.2 Å². The van der Waals surface area contributed by atoms with Gasteiger partial charge in [-0.2, -0.15) is 0 Å². The molecule has 0 amide bonds. The predicted octanol–water partition coefficient (Wildman–Crippen LogP) is 3.20. The van der Waals surface area contributed by atoms with Crippen molar-refractivity contribution >= 4 is 15.9 Å². The van der Waals surface area contributed by atoms with Gasteiger partial charge >= 0.3 is 0 Å². The van der Waals surface area contributed by atoms with Gasteiger partial charge in [-0.1, -0.05) is 34.5 Å². The first-order valence-corrected chi connectivity index (χ1v) is 6.25. The average molecular weight is 246 g/mol. The molecule has 0 aromatic heterocycles. The van der Waals surface area contributed by atoms with Gasteiger partial charge in [0.15, 0.2) is 0 Å². The van der Waals surface area contributed by atoms with Gasteiger partial charge in [-0.15, -0.1) is 0 Å². The first kappa shape index (κ1) is 11.3. The Labute approximate surface area is 90.3 Å². The number of hydrogen-bond acceptors (Lipinski definition) is 1. The molecule has 1 aliphatic heterocycles. The van der Waals surface area contributed by atoms with E-state index in [4.69, 9.17) is 0 Å². The van der Waals surface area contributed by atoms with Crippen LogP contribution in [0.4, 0.5) is 0 Å². The first-order chi connectivity index (χ1) is 6.15. The molecule has 0 saturated carbocycles. The minimum Gasteiger partial charge on any atom is -0.294 e. The summed E-state index contributed by atoms with van der Waals surface area (Å²) in [5, 5.41) is 0.933. The minimum absolute atomic E-state index is 0.736. The van der Waals surface area contributed by atoms with Gasteiger partial charge in [-0.3, -0.25) is 4.90 Å². The lowest BCUT2D eigenvalue weighted by molar-refractivity contribution is 0.116. The maximum absolute atomic E-state index is 4.05. The monoisotopic (exact) mass is 245 g/mol. The topological polar surface area (TPSA) is 3.24 Å². The van der Waals surface area contributed by atoms with Crippen LogP contribution in [0.25, 0.3) is 0 Å². The first-order valence-electron chi connectivity index (χ1n) is 5.13. The van der Waals surface area contributed by atoms with Crippen molar-refractivity contribution < 1.29 is 0 Å². The van der Waals surface area contributed by atoms with E-state index in [1.807, 2.05) is 0 Å². The van der Waals surface area contributed by atoms with Crippen molar-refractivity contribution in [1.29, 1.82) is 0 Å². The Bertz CT molecular complexity index is 169. The van der Waals surface area contributed by atoms with Gasteiger partial charge in [0.05, 0.1) is 0 Å². The van der Waals surface area contributed by atoms with E-state index in [2.05, 4.69) is 41.3 Å². The molecule has 1 nitrogen and oxygen atoms in total. The summed E-state index contributed by atoms with van der Waals surface area (Å²) in [5.41, 5.74) is 1.29. The van der Waals surface area contributed by atoms with Crippen LogP contribution in [0.3, 0.4) is 0 Å². The molecule has 0 aliphatic carbocycles. The zero-order valence-electron chi connectivity index (χ0n) is 8.72. The molecule has 2 heteroatoms. The fourth-order valence-corrected chi connectivity index (χ4v) is 2.26. The van der Waals surface area contributed by atoms with Crippen molar-refractivity contribution in [3.8, 4) is 0 Å². The van der Waals surface area contributed by atoms with E-state index in [9.17, 15) is 0 Å². The number of nitrogens with zero attached hydrogens (tertiary/aromatic N) is 1. The molecule has 0 aromatic carbocycles. The largest absolute Gasteiger partial charge is 0.294 e. The Morgan fingerprint density at radius 2 is 1.92 bits per heavy atom. The van der Waals surface area contributed by atoms with E-state index >= 15 is 0 Å². The second-order valence-electron chi connectivity index (χ2n) is 4.18. The third-order valence-corrected chi connectivity index (χ3v) is 3.76. The number of halogens is 1. The number of rotatable bonds is 3. The summed E-state index contributed by atoms with van der Waals surface area (Å²) >= 11 is 3.46. The van der Waals surface area contributed by atoms with Crippen LogP contribution in [0.1, 0.15) is 33.1 Å². The maximum atomic E-state index is 4.05. The van der Waals surface area contributed by atoms with Crippen molar-refractivity contribution in [2.24, 2.45) is 0 Å². The second kappa shape index (κ2) is 5.16. The summed E-state index contributed by atoms with van der Waals surface area (Å²) in [4.78, 5) is 2.58. The van der Waals surface area contributed by atoms with Crippen molar-refractivity contribution in [2.75, 3.05) is 11.9 Å². The molecule has 1 fully saturated rings. The smallest absolute Gasteiger partial charge is 0.0251 e. The third kappa shape index (κ3) is 3.10. The van der Waals surface area contributed by atoms with Crippen LogP contribution in [0.15, 0.2) is 12.2 Å². The third-order valence-electron chi connectivity index (χ3n) is 2.97. The highest BCUT2D eigenvalue weighted by Gasteiger charge is 2.24. The Balaban J connectivity index is 2.48. The molecular weight excluding hydrogens is 226 g/mol. The normalized spacial score (nSPS) is 30.4. The van der Waals surface area contributed by atoms with E-state index in [0.29, 0.717) is 0 Å². The zero-order valence-corrected chi connectivity index (χ0v) is 10.3. The van der Waals surface area contributed by atoms with Crippen LogP contribution >= 0.6 is 15.9 Å². The summed E-state index contributed by atoms with van der Waals surface area (Å²) in [7, 11) is 0. The molecule has 76 valence electrons.